The maximum Gasteiger partial charge on any atom is 0.183 e. The molecule has 3 N–H and O–H groups in total. The Morgan fingerprint density at radius 2 is 1.83 bits per heavy atom. The molecule has 100 valence electrons. The first-order valence-electron chi connectivity index (χ1n) is 5.59. The molecule has 0 saturated carbocycles. The molecule has 1 saturated heterocycles. The van der Waals surface area contributed by atoms with Crippen LogP contribution < -0.4 is 11.1 Å². The fourth-order valence-corrected chi connectivity index (χ4v) is 3.44. The van der Waals surface area contributed by atoms with E-state index in [4.69, 9.17) is 5.73 Å². The van der Waals surface area contributed by atoms with E-state index in [9.17, 15) is 17.2 Å². The number of benzene rings is 1. The Bertz CT molecular complexity index is 546. The van der Waals surface area contributed by atoms with Gasteiger partial charge in [0.1, 0.15) is 9.84 Å². The Labute approximate surface area is 104 Å². The third kappa shape index (κ3) is 2.72. The molecule has 0 radical (unpaired) electrons. The Morgan fingerprint density at radius 3 is 2.44 bits per heavy atom. The number of halogens is 2. The van der Waals surface area contributed by atoms with Crippen LogP contribution in [0.15, 0.2) is 12.1 Å². The number of nitrogens with two attached hydrogens (primary N) is 1. The zero-order valence-electron chi connectivity index (χ0n) is 9.62. The fraction of sp³-hybridized carbons (Fsp3) is 0.455. The minimum atomic E-state index is -2.98. The van der Waals surface area contributed by atoms with Crippen LogP contribution in [0, 0.1) is 11.6 Å². The summed E-state index contributed by atoms with van der Waals surface area (Å²) in [5.74, 6) is -1.89. The summed E-state index contributed by atoms with van der Waals surface area (Å²) in [7, 11) is -2.98. The summed E-state index contributed by atoms with van der Waals surface area (Å²) >= 11 is 0. The average Bonchev–Trinajstić information content (AvgIpc) is 2.32. The molecular formula is C11H14F2N2O2S. The van der Waals surface area contributed by atoms with Crippen molar-refractivity contribution in [1.29, 1.82) is 0 Å². The molecule has 1 aromatic carbocycles. The summed E-state index contributed by atoms with van der Waals surface area (Å²) in [6.45, 7) is 0. The van der Waals surface area contributed by atoms with Crippen molar-refractivity contribution in [3.8, 4) is 0 Å². The van der Waals surface area contributed by atoms with E-state index >= 15 is 0 Å². The standard InChI is InChI=1S/C11H14F2N2O2S/c12-8-1-2-9(14)11(10(8)13)15-7-3-5-18(16,17)6-4-7/h1-2,7,15H,3-6,14H2. The predicted molar refractivity (Wildman–Crippen MR) is 66.1 cm³/mol. The Hall–Kier alpha value is -1.37. The first kappa shape index (κ1) is 13.1. The van der Waals surface area contributed by atoms with Crippen molar-refractivity contribution >= 4 is 21.2 Å². The molecule has 7 heteroatoms. The lowest BCUT2D eigenvalue weighted by molar-refractivity contribution is 0.507. The van der Waals surface area contributed by atoms with Gasteiger partial charge in [-0.1, -0.05) is 0 Å². The number of anilines is 2. The molecule has 1 aliphatic rings. The van der Waals surface area contributed by atoms with Gasteiger partial charge in [-0.05, 0) is 25.0 Å². The minimum absolute atomic E-state index is 0.0570. The molecule has 0 unspecified atom stereocenters. The molecule has 1 heterocycles. The zero-order valence-corrected chi connectivity index (χ0v) is 10.4. The van der Waals surface area contributed by atoms with E-state index in [0.717, 1.165) is 6.07 Å². The maximum absolute atomic E-state index is 13.5. The lowest BCUT2D eigenvalue weighted by Crippen LogP contribution is -2.32. The number of sulfone groups is 1. The molecule has 1 fully saturated rings. The van der Waals surface area contributed by atoms with Gasteiger partial charge in [0.15, 0.2) is 11.6 Å². The van der Waals surface area contributed by atoms with Gasteiger partial charge in [-0.2, -0.15) is 0 Å². The third-order valence-electron chi connectivity index (χ3n) is 3.03. The highest BCUT2D eigenvalue weighted by Gasteiger charge is 2.25. The molecule has 1 aromatic rings. The molecule has 4 nitrogen and oxygen atoms in total. The van der Waals surface area contributed by atoms with Crippen LogP contribution in [0.4, 0.5) is 20.2 Å². The van der Waals surface area contributed by atoms with E-state index in [2.05, 4.69) is 5.32 Å². The number of rotatable bonds is 2. The minimum Gasteiger partial charge on any atom is -0.397 e. The Morgan fingerprint density at radius 1 is 1.22 bits per heavy atom. The van der Waals surface area contributed by atoms with Crippen molar-refractivity contribution in [1.82, 2.24) is 0 Å². The van der Waals surface area contributed by atoms with Gasteiger partial charge in [0.25, 0.3) is 0 Å². The van der Waals surface area contributed by atoms with E-state index in [-0.39, 0.29) is 28.9 Å². The van der Waals surface area contributed by atoms with Crippen LogP contribution in [0.5, 0.6) is 0 Å². The lowest BCUT2D eigenvalue weighted by Gasteiger charge is -2.25. The normalized spacial score (nSPS) is 19.7. The predicted octanol–water partition coefficient (Wildman–Crippen LogP) is 1.54. The molecule has 18 heavy (non-hydrogen) atoms. The van der Waals surface area contributed by atoms with E-state index in [1.807, 2.05) is 0 Å². The van der Waals surface area contributed by atoms with E-state index in [0.29, 0.717) is 12.8 Å². The Balaban J connectivity index is 2.14. The second kappa shape index (κ2) is 4.72. The van der Waals surface area contributed by atoms with Crippen molar-refractivity contribution < 1.29 is 17.2 Å². The number of nitrogen functional groups attached to an aromatic ring is 1. The van der Waals surface area contributed by atoms with Gasteiger partial charge in [-0.25, -0.2) is 17.2 Å². The Kier molecular flexibility index (Phi) is 3.43. The van der Waals surface area contributed by atoms with Crippen LogP contribution in [0.2, 0.25) is 0 Å². The van der Waals surface area contributed by atoms with Crippen LogP contribution in [0.1, 0.15) is 12.8 Å². The summed E-state index contributed by atoms with van der Waals surface area (Å²) in [6, 6.07) is 2.04. The molecule has 0 atom stereocenters. The first-order chi connectivity index (χ1) is 8.39. The van der Waals surface area contributed by atoms with Crippen molar-refractivity contribution in [2.24, 2.45) is 0 Å². The van der Waals surface area contributed by atoms with Crippen LogP contribution in [0.25, 0.3) is 0 Å². The van der Waals surface area contributed by atoms with Crippen LogP contribution in [-0.2, 0) is 9.84 Å². The van der Waals surface area contributed by atoms with Gasteiger partial charge >= 0.3 is 0 Å². The van der Waals surface area contributed by atoms with Gasteiger partial charge < -0.3 is 11.1 Å². The van der Waals surface area contributed by atoms with Crippen LogP contribution in [-0.4, -0.2) is 26.0 Å². The smallest absolute Gasteiger partial charge is 0.183 e. The number of hydrogen-bond donors (Lipinski definition) is 2. The maximum atomic E-state index is 13.5. The highest BCUT2D eigenvalue weighted by molar-refractivity contribution is 7.91. The van der Waals surface area contributed by atoms with Gasteiger partial charge in [-0.15, -0.1) is 0 Å². The molecule has 2 rings (SSSR count). The summed E-state index contributed by atoms with van der Waals surface area (Å²) in [4.78, 5) is 0. The highest BCUT2D eigenvalue weighted by Crippen LogP contribution is 2.27. The summed E-state index contributed by atoms with van der Waals surface area (Å²) in [6.07, 6.45) is 0.745. The zero-order chi connectivity index (χ0) is 13.3. The first-order valence-corrected chi connectivity index (χ1v) is 7.41. The van der Waals surface area contributed by atoms with E-state index in [1.54, 1.807) is 0 Å². The van der Waals surface area contributed by atoms with Crippen molar-refractivity contribution in [3.63, 3.8) is 0 Å². The van der Waals surface area contributed by atoms with Gasteiger partial charge in [0.2, 0.25) is 0 Å². The summed E-state index contributed by atoms with van der Waals surface area (Å²) in [5.41, 5.74) is 5.60. The molecule has 0 aliphatic carbocycles. The topological polar surface area (TPSA) is 72.2 Å². The van der Waals surface area contributed by atoms with Crippen molar-refractivity contribution in [2.45, 2.75) is 18.9 Å². The SMILES string of the molecule is Nc1ccc(F)c(F)c1NC1CCS(=O)(=O)CC1. The third-order valence-corrected chi connectivity index (χ3v) is 4.75. The van der Waals surface area contributed by atoms with E-state index in [1.165, 1.54) is 6.07 Å². The lowest BCUT2D eigenvalue weighted by atomic mass is 10.1. The van der Waals surface area contributed by atoms with Crippen LogP contribution in [0.3, 0.4) is 0 Å². The second-order valence-corrected chi connectivity index (χ2v) is 6.70. The molecule has 0 bridgehead atoms. The number of nitrogens with one attached hydrogen (secondary N) is 1. The molecule has 0 aromatic heterocycles. The van der Waals surface area contributed by atoms with Gasteiger partial charge in [0, 0.05) is 6.04 Å². The summed E-state index contributed by atoms with van der Waals surface area (Å²) in [5, 5.41) is 2.79. The van der Waals surface area contributed by atoms with Gasteiger partial charge in [0.05, 0.1) is 22.9 Å². The number of hydrogen-bond acceptors (Lipinski definition) is 4. The highest BCUT2D eigenvalue weighted by atomic mass is 32.2. The van der Waals surface area contributed by atoms with Crippen molar-refractivity contribution in [3.05, 3.63) is 23.8 Å². The summed E-state index contributed by atoms with van der Waals surface area (Å²) < 4.78 is 49.1. The van der Waals surface area contributed by atoms with Gasteiger partial charge in [-0.3, -0.25) is 0 Å². The average molecular weight is 276 g/mol. The second-order valence-electron chi connectivity index (χ2n) is 4.40. The van der Waals surface area contributed by atoms with Crippen molar-refractivity contribution in [2.75, 3.05) is 22.6 Å². The monoisotopic (exact) mass is 276 g/mol. The molecule has 0 spiro atoms. The fourth-order valence-electron chi connectivity index (χ4n) is 1.95. The quantitative estimate of drug-likeness (QED) is 0.804. The largest absolute Gasteiger partial charge is 0.397 e. The molecular weight excluding hydrogens is 262 g/mol. The molecule has 1 aliphatic heterocycles. The van der Waals surface area contributed by atoms with Crippen LogP contribution >= 0.6 is 0 Å². The van der Waals surface area contributed by atoms with E-state index < -0.39 is 21.5 Å². The molecule has 0 amide bonds.